The van der Waals surface area contributed by atoms with Gasteiger partial charge in [0, 0.05) is 61.1 Å². The van der Waals surface area contributed by atoms with Gasteiger partial charge in [-0.15, -0.1) is 0 Å². The van der Waals surface area contributed by atoms with E-state index in [1.165, 1.54) is 29.8 Å². The van der Waals surface area contributed by atoms with Crippen molar-refractivity contribution in [3.8, 4) is 17.4 Å². The number of amides is 1. The van der Waals surface area contributed by atoms with Crippen molar-refractivity contribution in [1.29, 1.82) is 0 Å². The number of aromatic nitrogens is 3. The van der Waals surface area contributed by atoms with Crippen LogP contribution < -0.4 is 19.1 Å². The molecule has 16 heteroatoms. The first-order chi connectivity index (χ1) is 29.4. The molecule has 1 aliphatic heterocycles. The second-order valence-electron chi connectivity index (χ2n) is 17.8. The number of allylic oxidation sites excluding steroid dienone is 1. The number of aromatic amines is 1. The van der Waals surface area contributed by atoms with Crippen LogP contribution in [0.25, 0.3) is 16.6 Å². The van der Waals surface area contributed by atoms with E-state index in [0.717, 1.165) is 80.3 Å². The third-order valence-corrected chi connectivity index (χ3v) is 14.1. The molecule has 328 valence electrons. The maximum atomic E-state index is 15.3. The molecule has 3 aromatic heterocycles. The molecule has 2 fully saturated rings. The Morgan fingerprint density at radius 3 is 2.37 bits per heavy atom. The predicted octanol–water partition coefficient (Wildman–Crippen LogP) is 10.4. The van der Waals surface area contributed by atoms with Gasteiger partial charge in [-0.05, 0) is 111 Å². The SMILES string of the molecule is CC1(C)CCC(CN2CCN(c3ccc(C(=O)NS(=O)(=O)c4cnc(OC[C@]5(F)CC[C@](C)(F)CC5)c(Cl)c4)c(Oc4cnc5[nH]ccc5c4)c3)CC2)=C(c2ccc(Cl)cc2)C1. The van der Waals surface area contributed by atoms with E-state index >= 15 is 4.39 Å². The van der Waals surface area contributed by atoms with Crippen LogP contribution in [-0.2, 0) is 10.0 Å². The minimum atomic E-state index is -4.51. The Morgan fingerprint density at radius 2 is 1.65 bits per heavy atom. The second-order valence-corrected chi connectivity index (χ2v) is 20.3. The van der Waals surface area contributed by atoms with Crippen molar-refractivity contribution >= 4 is 61.4 Å². The minimum absolute atomic E-state index is 0.0266. The van der Waals surface area contributed by atoms with E-state index < -0.39 is 38.8 Å². The number of carbonyl (C=O) groups is 1. The van der Waals surface area contributed by atoms with Crippen molar-refractivity contribution in [2.24, 2.45) is 5.41 Å². The molecule has 0 atom stereocenters. The number of pyridine rings is 2. The second kappa shape index (κ2) is 17.4. The molecule has 2 aromatic carbocycles. The summed E-state index contributed by atoms with van der Waals surface area (Å²) >= 11 is 12.6. The number of nitrogens with one attached hydrogen (secondary N) is 2. The molecule has 0 bridgehead atoms. The molecule has 0 radical (unpaired) electrons. The van der Waals surface area contributed by atoms with Gasteiger partial charge in [-0.3, -0.25) is 9.69 Å². The number of rotatable bonds is 12. The number of anilines is 1. The summed E-state index contributed by atoms with van der Waals surface area (Å²) in [6.45, 7) is 9.67. The number of benzene rings is 2. The molecule has 8 rings (SSSR count). The fraction of sp³-hybridized carbons (Fsp3) is 0.413. The zero-order valence-corrected chi connectivity index (χ0v) is 37.3. The Hall–Kier alpha value is -4.76. The fourth-order valence-electron chi connectivity index (χ4n) is 8.44. The van der Waals surface area contributed by atoms with Crippen LogP contribution in [-0.4, -0.2) is 84.8 Å². The number of piperazine rings is 1. The highest BCUT2D eigenvalue weighted by molar-refractivity contribution is 7.90. The minimum Gasteiger partial charge on any atom is -0.473 e. The van der Waals surface area contributed by atoms with Crippen LogP contribution in [0, 0.1) is 5.41 Å². The van der Waals surface area contributed by atoms with Gasteiger partial charge in [-0.1, -0.05) is 54.8 Å². The third kappa shape index (κ3) is 10.2. The Labute approximate surface area is 370 Å². The molecule has 62 heavy (non-hydrogen) atoms. The van der Waals surface area contributed by atoms with Gasteiger partial charge < -0.3 is 19.4 Å². The summed E-state index contributed by atoms with van der Waals surface area (Å²) in [5.41, 5.74) is 2.56. The molecule has 0 spiro atoms. The summed E-state index contributed by atoms with van der Waals surface area (Å²) in [5, 5.41) is 1.32. The number of hydrogen-bond acceptors (Lipinski definition) is 9. The van der Waals surface area contributed by atoms with E-state index in [1.807, 2.05) is 18.2 Å². The first kappa shape index (κ1) is 43.9. The van der Waals surface area contributed by atoms with Crippen LogP contribution in [0.4, 0.5) is 14.5 Å². The molecular formula is C46H50Cl2F2N6O5S. The summed E-state index contributed by atoms with van der Waals surface area (Å²) < 4.78 is 70.7. The van der Waals surface area contributed by atoms with Crippen molar-refractivity contribution < 1.29 is 31.5 Å². The highest BCUT2D eigenvalue weighted by atomic mass is 35.5. The van der Waals surface area contributed by atoms with Crippen molar-refractivity contribution in [1.82, 2.24) is 24.6 Å². The lowest BCUT2D eigenvalue weighted by Crippen LogP contribution is -2.47. The van der Waals surface area contributed by atoms with Gasteiger partial charge in [-0.25, -0.2) is 31.9 Å². The first-order valence-corrected chi connectivity index (χ1v) is 23.1. The van der Waals surface area contributed by atoms with Crippen LogP contribution in [0.5, 0.6) is 17.4 Å². The lowest BCUT2D eigenvalue weighted by Gasteiger charge is -2.39. The van der Waals surface area contributed by atoms with Gasteiger partial charge in [0.05, 0.1) is 18.0 Å². The zero-order chi connectivity index (χ0) is 43.9. The van der Waals surface area contributed by atoms with Gasteiger partial charge in [0.1, 0.15) is 45.0 Å². The van der Waals surface area contributed by atoms with Crippen LogP contribution in [0.15, 0.2) is 89.7 Å². The number of H-pyrrole nitrogens is 1. The summed E-state index contributed by atoms with van der Waals surface area (Å²) in [4.78, 5) is 29.6. The number of fused-ring (bicyclic) bond motifs is 1. The molecule has 3 aliphatic rings. The lowest BCUT2D eigenvalue weighted by atomic mass is 9.72. The molecule has 1 saturated carbocycles. The molecule has 1 amide bonds. The lowest BCUT2D eigenvalue weighted by molar-refractivity contribution is -0.00697. The standard InChI is InChI=1S/C46H50Cl2F2N6O5S/c1-44(2)12-10-32(38(25-44)30-4-6-33(47)7-5-30)28-55-18-20-56(21-19-55)34-8-9-37(40(23-34)61-35-22-31-11-17-51-41(31)52-26-35)42(57)54-62(58,59)36-24-39(48)43(53-27-36)60-29-46(50)15-13-45(3,49)14-16-46/h4-9,11,17,22-24,26-27H,10,12-16,18-21,25,28-29H2,1-3H3,(H,51,52)(H,54,57)/t45-,46-. The zero-order valence-electron chi connectivity index (χ0n) is 34.9. The number of hydrogen-bond donors (Lipinski definition) is 2. The maximum absolute atomic E-state index is 15.3. The van der Waals surface area contributed by atoms with Crippen molar-refractivity contribution in [2.45, 2.75) is 81.9 Å². The molecular weight excluding hydrogens is 858 g/mol. The Bertz CT molecular complexity index is 2600. The smallest absolute Gasteiger partial charge is 0.268 e. The quantitative estimate of drug-likeness (QED) is 0.126. The molecule has 0 unspecified atom stereocenters. The molecule has 4 heterocycles. The average molecular weight is 908 g/mol. The Morgan fingerprint density at radius 1 is 0.903 bits per heavy atom. The molecule has 2 aliphatic carbocycles. The van der Waals surface area contributed by atoms with Gasteiger partial charge in [-0.2, -0.15) is 0 Å². The monoisotopic (exact) mass is 906 g/mol. The van der Waals surface area contributed by atoms with Crippen molar-refractivity contribution in [3.05, 3.63) is 106 Å². The summed E-state index contributed by atoms with van der Waals surface area (Å²) in [6, 6.07) is 17.9. The number of alkyl halides is 2. The van der Waals surface area contributed by atoms with Crippen LogP contribution in [0.1, 0.15) is 81.6 Å². The fourth-order valence-corrected chi connectivity index (χ4v) is 9.79. The first-order valence-electron chi connectivity index (χ1n) is 20.9. The number of sulfonamides is 1. The number of halogens is 4. The molecule has 1 saturated heterocycles. The van der Waals surface area contributed by atoms with Crippen LogP contribution in [0.2, 0.25) is 10.0 Å². The van der Waals surface area contributed by atoms with Gasteiger partial charge in [0.15, 0.2) is 0 Å². The van der Waals surface area contributed by atoms with Gasteiger partial charge >= 0.3 is 0 Å². The van der Waals surface area contributed by atoms with E-state index in [-0.39, 0.29) is 53.3 Å². The van der Waals surface area contributed by atoms with E-state index in [4.69, 9.17) is 32.7 Å². The Balaban J connectivity index is 0.977. The highest BCUT2D eigenvalue weighted by Crippen LogP contribution is 2.44. The van der Waals surface area contributed by atoms with Gasteiger partial charge in [0.25, 0.3) is 15.9 Å². The third-order valence-electron chi connectivity index (χ3n) is 12.3. The normalized spacial score (nSPS) is 22.1. The topological polar surface area (TPSA) is 130 Å². The van der Waals surface area contributed by atoms with Crippen LogP contribution >= 0.6 is 23.2 Å². The summed E-state index contributed by atoms with van der Waals surface area (Å²) in [7, 11) is -4.51. The van der Waals surface area contributed by atoms with Crippen molar-refractivity contribution in [3.63, 3.8) is 0 Å². The maximum Gasteiger partial charge on any atom is 0.268 e. The van der Waals surface area contributed by atoms with E-state index in [9.17, 15) is 17.6 Å². The van der Waals surface area contributed by atoms with Gasteiger partial charge in [0.2, 0.25) is 5.88 Å². The largest absolute Gasteiger partial charge is 0.473 e. The van der Waals surface area contributed by atoms with E-state index in [1.54, 1.807) is 30.5 Å². The summed E-state index contributed by atoms with van der Waals surface area (Å²) in [6.07, 6.45) is 7.51. The molecule has 5 aromatic rings. The predicted molar refractivity (Wildman–Crippen MR) is 238 cm³/mol. The molecule has 2 N–H and O–H groups in total. The van der Waals surface area contributed by atoms with Crippen molar-refractivity contribution in [2.75, 3.05) is 44.2 Å². The highest BCUT2D eigenvalue weighted by Gasteiger charge is 2.42. The molecule has 11 nitrogen and oxygen atoms in total. The Kier molecular flexibility index (Phi) is 12.3. The van der Waals surface area contributed by atoms with Crippen LogP contribution in [0.3, 0.4) is 0 Å². The van der Waals surface area contributed by atoms with E-state index in [0.29, 0.717) is 11.4 Å². The van der Waals surface area contributed by atoms with E-state index in [2.05, 4.69) is 55.5 Å². The number of ether oxygens (including phenoxy) is 2. The summed E-state index contributed by atoms with van der Waals surface area (Å²) in [5.74, 6) is -0.640. The average Bonchev–Trinajstić information content (AvgIpc) is 3.71. The number of carbonyl (C=O) groups excluding carboxylic acids is 1. The number of nitrogens with zero attached hydrogens (tertiary/aromatic N) is 4.